The van der Waals surface area contributed by atoms with Gasteiger partial charge in [-0.15, -0.1) is 0 Å². The quantitative estimate of drug-likeness (QED) is 0.829. The molecule has 1 aromatic carbocycles. The van der Waals surface area contributed by atoms with Crippen molar-refractivity contribution in [3.05, 3.63) is 33.3 Å². The highest BCUT2D eigenvalue weighted by Gasteiger charge is 2.22. The van der Waals surface area contributed by atoms with Crippen LogP contribution < -0.4 is 10.1 Å². The lowest BCUT2D eigenvalue weighted by Crippen LogP contribution is -2.46. The van der Waals surface area contributed by atoms with Gasteiger partial charge in [-0.3, -0.25) is 9.69 Å². The van der Waals surface area contributed by atoms with Crippen molar-refractivity contribution < 1.29 is 9.53 Å². The summed E-state index contributed by atoms with van der Waals surface area (Å²) >= 11 is 12.3. The first-order valence-electron chi connectivity index (χ1n) is 8.89. The Kier molecular flexibility index (Phi) is 6.46. The third-order valence-electron chi connectivity index (χ3n) is 4.86. The molecule has 3 rings (SSSR count). The summed E-state index contributed by atoms with van der Waals surface area (Å²) in [4.78, 5) is 15.7. The second kappa shape index (κ2) is 8.61. The fourth-order valence-electron chi connectivity index (χ4n) is 3.27. The highest BCUT2D eigenvalue weighted by molar-refractivity contribution is 6.36. The largest absolute Gasteiger partial charge is 0.487 e. The van der Waals surface area contributed by atoms with Crippen molar-refractivity contribution in [2.24, 2.45) is 0 Å². The van der Waals surface area contributed by atoms with E-state index in [1.165, 1.54) is 5.57 Å². The molecule has 1 saturated heterocycles. The van der Waals surface area contributed by atoms with Crippen LogP contribution in [0.2, 0.25) is 10.0 Å². The molecule has 0 radical (unpaired) electrons. The number of fused-ring (bicyclic) bond motifs is 1. The van der Waals surface area contributed by atoms with E-state index in [4.69, 9.17) is 27.9 Å². The molecule has 5 nitrogen and oxygen atoms in total. The van der Waals surface area contributed by atoms with Gasteiger partial charge in [0.25, 0.3) is 0 Å². The SMILES string of the molecule is CN(C)C(=O)CN1CCC(NCC2=Cc3cc(Cl)cc(Cl)c3OC2)CC1. The van der Waals surface area contributed by atoms with Crippen molar-refractivity contribution in [2.75, 3.05) is 46.9 Å². The van der Waals surface area contributed by atoms with E-state index >= 15 is 0 Å². The summed E-state index contributed by atoms with van der Waals surface area (Å²) in [6.07, 6.45) is 4.20. The normalized spacial score (nSPS) is 18.1. The van der Waals surface area contributed by atoms with Crippen molar-refractivity contribution >= 4 is 35.2 Å². The topological polar surface area (TPSA) is 44.8 Å². The number of piperidine rings is 1. The van der Waals surface area contributed by atoms with Gasteiger partial charge in [-0.2, -0.15) is 0 Å². The Morgan fingerprint density at radius 2 is 2.04 bits per heavy atom. The molecule has 1 amide bonds. The number of amides is 1. The number of ether oxygens (including phenoxy) is 1. The molecule has 0 aliphatic carbocycles. The Labute approximate surface area is 164 Å². The van der Waals surface area contributed by atoms with E-state index in [1.54, 1.807) is 25.1 Å². The first kappa shape index (κ1) is 19.5. The zero-order chi connectivity index (χ0) is 18.7. The van der Waals surface area contributed by atoms with E-state index in [9.17, 15) is 4.79 Å². The Balaban J connectivity index is 1.48. The minimum Gasteiger partial charge on any atom is -0.487 e. The molecular formula is C19H25Cl2N3O2. The fourth-order valence-corrected chi connectivity index (χ4v) is 3.84. The number of nitrogens with zero attached hydrogens (tertiary/aromatic N) is 2. The maximum atomic E-state index is 11.8. The fraction of sp³-hybridized carbons (Fsp3) is 0.526. The van der Waals surface area contributed by atoms with Gasteiger partial charge in [0.2, 0.25) is 5.91 Å². The average Bonchev–Trinajstić information content (AvgIpc) is 2.60. The van der Waals surface area contributed by atoms with Gasteiger partial charge in [0, 0.05) is 50.4 Å². The molecule has 2 aliphatic heterocycles. The molecule has 0 unspecified atom stereocenters. The third-order valence-corrected chi connectivity index (χ3v) is 5.36. The number of carbonyl (C=O) groups is 1. The predicted molar refractivity (Wildman–Crippen MR) is 106 cm³/mol. The predicted octanol–water partition coefficient (Wildman–Crippen LogP) is 2.91. The van der Waals surface area contributed by atoms with Gasteiger partial charge >= 0.3 is 0 Å². The number of benzene rings is 1. The molecule has 142 valence electrons. The summed E-state index contributed by atoms with van der Waals surface area (Å²) in [5.41, 5.74) is 2.11. The first-order valence-corrected chi connectivity index (χ1v) is 9.65. The summed E-state index contributed by atoms with van der Waals surface area (Å²) in [6.45, 7) is 3.72. The van der Waals surface area contributed by atoms with E-state index in [0.29, 0.717) is 35.0 Å². The van der Waals surface area contributed by atoms with Crippen LogP contribution in [0.15, 0.2) is 17.7 Å². The molecule has 7 heteroatoms. The van der Waals surface area contributed by atoms with E-state index in [-0.39, 0.29) is 5.91 Å². The van der Waals surface area contributed by atoms with E-state index in [0.717, 1.165) is 38.0 Å². The van der Waals surface area contributed by atoms with Crippen LogP contribution in [0, 0.1) is 0 Å². The van der Waals surface area contributed by atoms with E-state index < -0.39 is 0 Å². The first-order chi connectivity index (χ1) is 12.4. The number of hydrogen-bond donors (Lipinski definition) is 1. The molecule has 0 saturated carbocycles. The minimum atomic E-state index is 0.164. The Morgan fingerprint density at radius 3 is 2.73 bits per heavy atom. The van der Waals surface area contributed by atoms with Crippen molar-refractivity contribution in [3.63, 3.8) is 0 Å². The van der Waals surface area contributed by atoms with Crippen LogP contribution >= 0.6 is 23.2 Å². The van der Waals surface area contributed by atoms with Gasteiger partial charge in [0.1, 0.15) is 12.4 Å². The van der Waals surface area contributed by atoms with Crippen LogP contribution in [-0.4, -0.2) is 68.6 Å². The lowest BCUT2D eigenvalue weighted by Gasteiger charge is -2.33. The molecule has 2 heterocycles. The molecule has 1 fully saturated rings. The van der Waals surface area contributed by atoms with Crippen LogP contribution in [0.1, 0.15) is 18.4 Å². The number of nitrogens with one attached hydrogen (secondary N) is 1. The summed E-state index contributed by atoms with van der Waals surface area (Å²) in [7, 11) is 3.60. The lowest BCUT2D eigenvalue weighted by atomic mass is 10.0. The van der Waals surface area contributed by atoms with Crippen molar-refractivity contribution in [1.29, 1.82) is 0 Å². The van der Waals surface area contributed by atoms with Gasteiger partial charge in [-0.1, -0.05) is 23.2 Å². The standard InChI is InChI=1S/C19H25Cl2N3O2/c1-23(2)18(25)11-24-5-3-16(4-6-24)22-10-13-7-14-8-15(20)9-17(21)19(14)26-12-13/h7-9,16,22H,3-6,10-12H2,1-2H3. The van der Waals surface area contributed by atoms with Crippen molar-refractivity contribution in [2.45, 2.75) is 18.9 Å². The molecule has 0 bridgehead atoms. The van der Waals surface area contributed by atoms with Gasteiger partial charge in [-0.25, -0.2) is 0 Å². The van der Waals surface area contributed by atoms with Crippen LogP contribution in [0.25, 0.3) is 6.08 Å². The van der Waals surface area contributed by atoms with Crippen LogP contribution in [-0.2, 0) is 4.79 Å². The minimum absolute atomic E-state index is 0.164. The second-order valence-electron chi connectivity index (χ2n) is 7.12. The monoisotopic (exact) mass is 397 g/mol. The van der Waals surface area contributed by atoms with E-state index in [1.807, 2.05) is 6.07 Å². The molecule has 0 atom stereocenters. The Morgan fingerprint density at radius 1 is 1.31 bits per heavy atom. The second-order valence-corrected chi connectivity index (χ2v) is 7.96. The maximum absolute atomic E-state index is 11.8. The van der Waals surface area contributed by atoms with Gasteiger partial charge in [0.05, 0.1) is 11.6 Å². The van der Waals surface area contributed by atoms with Crippen LogP contribution in [0.3, 0.4) is 0 Å². The number of halogens is 2. The van der Waals surface area contributed by atoms with Crippen molar-refractivity contribution in [1.82, 2.24) is 15.1 Å². The number of rotatable bonds is 5. The number of likely N-dealkylation sites (tertiary alicyclic amines) is 1. The molecule has 26 heavy (non-hydrogen) atoms. The smallest absolute Gasteiger partial charge is 0.236 e. The number of likely N-dealkylation sites (N-methyl/N-ethyl adjacent to an activating group) is 1. The summed E-state index contributed by atoms with van der Waals surface area (Å²) < 4.78 is 5.80. The van der Waals surface area contributed by atoms with Crippen LogP contribution in [0.4, 0.5) is 0 Å². The molecule has 0 spiro atoms. The lowest BCUT2D eigenvalue weighted by molar-refractivity contribution is -0.130. The molecular weight excluding hydrogens is 373 g/mol. The number of carbonyl (C=O) groups excluding carboxylic acids is 1. The molecule has 2 aliphatic rings. The average molecular weight is 398 g/mol. The maximum Gasteiger partial charge on any atom is 0.236 e. The zero-order valence-corrected chi connectivity index (χ0v) is 16.7. The third kappa shape index (κ3) is 4.92. The highest BCUT2D eigenvalue weighted by atomic mass is 35.5. The van der Waals surface area contributed by atoms with Gasteiger partial charge in [-0.05, 0) is 36.6 Å². The Hall–Kier alpha value is -1.27. The molecule has 1 N–H and O–H groups in total. The summed E-state index contributed by atoms with van der Waals surface area (Å²) in [6, 6.07) is 4.04. The van der Waals surface area contributed by atoms with Gasteiger partial charge in [0.15, 0.2) is 0 Å². The number of hydrogen-bond acceptors (Lipinski definition) is 4. The van der Waals surface area contributed by atoms with E-state index in [2.05, 4.69) is 16.3 Å². The molecule has 0 aromatic heterocycles. The van der Waals surface area contributed by atoms with Crippen molar-refractivity contribution in [3.8, 4) is 5.75 Å². The summed E-state index contributed by atoms with van der Waals surface area (Å²) in [5, 5.41) is 4.78. The summed E-state index contributed by atoms with van der Waals surface area (Å²) in [5.74, 6) is 0.871. The Bertz CT molecular complexity index is 698. The zero-order valence-electron chi connectivity index (χ0n) is 15.2. The molecule has 1 aromatic rings. The van der Waals surface area contributed by atoms with Crippen LogP contribution in [0.5, 0.6) is 5.75 Å². The van der Waals surface area contributed by atoms with Gasteiger partial charge < -0.3 is 15.0 Å². The highest BCUT2D eigenvalue weighted by Crippen LogP contribution is 2.36.